The summed E-state index contributed by atoms with van der Waals surface area (Å²) in [5.74, 6) is 5.77. The molecule has 0 fully saturated rings. The van der Waals surface area contributed by atoms with Crippen LogP contribution in [0, 0.1) is 27.7 Å². The summed E-state index contributed by atoms with van der Waals surface area (Å²) in [4.78, 5) is 29.9. The molecule has 0 unspecified atom stereocenters. The van der Waals surface area contributed by atoms with Crippen molar-refractivity contribution in [3.63, 3.8) is 0 Å². The minimum Gasteiger partial charge on any atom is -0.331 e. The number of fused-ring (bicyclic) bond motifs is 12. The van der Waals surface area contributed by atoms with Crippen LogP contribution in [-0.2, 0) is 14.1 Å². The lowest BCUT2D eigenvalue weighted by Crippen LogP contribution is -2.02. The van der Waals surface area contributed by atoms with E-state index >= 15 is 0 Å². The second-order valence-corrected chi connectivity index (χ2v) is 38.9. The third-order valence-electron chi connectivity index (χ3n) is 30.2. The Bertz CT molecular complexity index is 9960. The maximum absolute atomic E-state index is 5.24. The SMILES string of the molecule is Cc1nc2ccc(-c3cccc4c(-c5cccc(-c6ccccc6)c5)c5cccc(-c6ccc7nc(C)n(C)c7c6)c5cc34)cc2n1C.Cc1nc2ccccc2n1-c1cccc2c(-c3cccc(-c4ccccc4)c3)c3cccc(-n4c(C)nc5ccccc54)c3cc12.c1ccc(-c2cccc(-c3c4cccc(-n5c(-c6ccccc6)nc6ccccc65)c4cc4c(-n5c(-c6ccccc6)nc6ccccc65)cccc34)c2)cc1. The number of aromatic nitrogens is 12. The molecule has 0 aliphatic heterocycles. The molecule has 0 radical (unpaired) electrons. The van der Waals surface area contributed by atoms with E-state index in [1.54, 1.807) is 0 Å². The highest BCUT2D eigenvalue weighted by Crippen LogP contribution is 2.50. The average molecular weight is 1920 g/mol. The van der Waals surface area contributed by atoms with Crippen LogP contribution in [0.4, 0.5) is 0 Å². The van der Waals surface area contributed by atoms with E-state index in [4.69, 9.17) is 29.9 Å². The highest BCUT2D eigenvalue weighted by atomic mass is 15.1. The van der Waals surface area contributed by atoms with E-state index in [0.717, 1.165) is 151 Å². The zero-order chi connectivity index (χ0) is 100. The van der Waals surface area contributed by atoms with Gasteiger partial charge >= 0.3 is 0 Å². The summed E-state index contributed by atoms with van der Waals surface area (Å²) in [7, 11) is 4.19. The summed E-state index contributed by atoms with van der Waals surface area (Å²) in [5, 5.41) is 14.3. The van der Waals surface area contributed by atoms with Crippen molar-refractivity contribution in [3.8, 4) is 135 Å². The molecule has 12 nitrogen and oxygen atoms in total. The van der Waals surface area contributed by atoms with Gasteiger partial charge in [0.15, 0.2) is 0 Å². The molecular weight excluding hydrogens is 1830 g/mol. The van der Waals surface area contributed by atoms with E-state index in [1.807, 2.05) is 0 Å². The van der Waals surface area contributed by atoms with Crippen LogP contribution in [0.5, 0.6) is 0 Å². The van der Waals surface area contributed by atoms with Crippen molar-refractivity contribution in [3.05, 3.63) is 509 Å². The lowest BCUT2D eigenvalue weighted by Gasteiger charge is -2.20. The van der Waals surface area contributed by atoms with Gasteiger partial charge in [-0.2, -0.15) is 0 Å². The van der Waals surface area contributed by atoms with Crippen molar-refractivity contribution in [1.82, 2.24) is 57.3 Å². The first kappa shape index (κ1) is 89.3. The highest BCUT2D eigenvalue weighted by molar-refractivity contribution is 6.22. The van der Waals surface area contributed by atoms with Crippen molar-refractivity contribution >= 4 is 131 Å². The summed E-state index contributed by atoms with van der Waals surface area (Å²) in [5.41, 5.74) is 38.3. The summed E-state index contributed by atoms with van der Waals surface area (Å²) in [6, 6.07) is 174. The number of rotatable bonds is 14. The van der Waals surface area contributed by atoms with Gasteiger partial charge in [0.05, 0.1) is 88.9 Å². The standard InChI is InChI=1S/C52H34N4.C44H34N4.C42H30N4/c1-4-17-35(18-5-1)38-23-14-24-39(33-38)50-40-25-15-31-46(55-48-29-12-10-27-44(48)53-51(55)36-19-6-2-7-20-36)42(40)34-43-41(50)26-16-32-47(43)56-49-30-13-11-28-45(49)54-52(56)37-21-8-3-9-22-37;1-27-45-40-21-19-31(24-42(40)47(27)3)34-15-9-17-36-38(34)26-39-35(32-20-22-41-43(25-32)48(4)28(2)46-41)16-10-18-37(39)44(36)33-14-8-13-30(23-33)29-11-6-5-7-12-29;1-27-43-36-19-6-8-21-40(36)45(27)38-23-11-17-32-34(38)26-35-33(42(32)31-16-10-15-30(25-31)29-13-4-3-5-14-29)18-12-24-39(35)46-28(2)44-37-20-7-9-22-41(37)46/h1-34H;5-26H,1-4H3;3-26H,1-2H3. The van der Waals surface area contributed by atoms with Gasteiger partial charge in [-0.25, -0.2) is 29.9 Å². The van der Waals surface area contributed by atoms with E-state index in [-0.39, 0.29) is 0 Å². The molecule has 0 aliphatic carbocycles. The smallest absolute Gasteiger partial charge is 0.145 e. The zero-order valence-corrected chi connectivity index (χ0v) is 83.6. The molecule has 0 aliphatic rings. The molecule has 12 heteroatoms. The Kier molecular flexibility index (Phi) is 22.0. The lowest BCUT2D eigenvalue weighted by molar-refractivity contribution is 0.886. The molecular formula is C138H98N12. The van der Waals surface area contributed by atoms with Crippen LogP contribution >= 0.6 is 0 Å². The van der Waals surface area contributed by atoms with Gasteiger partial charge in [-0.3, -0.25) is 18.3 Å². The topological polar surface area (TPSA) is 107 Å². The van der Waals surface area contributed by atoms with Gasteiger partial charge in [0.1, 0.15) is 34.9 Å². The van der Waals surface area contributed by atoms with Crippen LogP contribution in [0.2, 0.25) is 0 Å². The van der Waals surface area contributed by atoms with E-state index in [2.05, 4.69) is 555 Å². The zero-order valence-electron chi connectivity index (χ0n) is 83.6. The highest BCUT2D eigenvalue weighted by Gasteiger charge is 2.28. The van der Waals surface area contributed by atoms with E-state index in [9.17, 15) is 0 Å². The largest absolute Gasteiger partial charge is 0.331 e. The molecule has 150 heavy (non-hydrogen) atoms. The molecule has 29 rings (SSSR count). The Morgan fingerprint density at radius 1 is 0.147 bits per heavy atom. The molecule has 0 bridgehead atoms. The predicted molar refractivity (Wildman–Crippen MR) is 625 cm³/mol. The van der Waals surface area contributed by atoms with Crippen molar-refractivity contribution in [2.45, 2.75) is 27.7 Å². The summed E-state index contributed by atoms with van der Waals surface area (Å²) >= 11 is 0. The molecule has 0 amide bonds. The maximum Gasteiger partial charge on any atom is 0.145 e. The Labute approximate surface area is 867 Å². The van der Waals surface area contributed by atoms with Gasteiger partial charge in [0.2, 0.25) is 0 Å². The third kappa shape index (κ3) is 15.4. The summed E-state index contributed by atoms with van der Waals surface area (Å²) < 4.78 is 13.6. The number of hydrogen-bond acceptors (Lipinski definition) is 6. The van der Waals surface area contributed by atoms with Gasteiger partial charge in [-0.1, -0.05) is 352 Å². The first-order valence-electron chi connectivity index (χ1n) is 51.2. The number of imidazole rings is 6. The fraction of sp³-hybridized carbons (Fsp3) is 0.0435. The molecule has 710 valence electrons. The maximum atomic E-state index is 5.24. The molecule has 0 spiro atoms. The van der Waals surface area contributed by atoms with Gasteiger partial charge in [0, 0.05) is 46.8 Å². The van der Waals surface area contributed by atoms with Crippen molar-refractivity contribution < 1.29 is 0 Å². The van der Waals surface area contributed by atoms with Crippen molar-refractivity contribution in [1.29, 1.82) is 0 Å². The Balaban J connectivity index is 0.000000111. The average Bonchev–Trinajstić information content (AvgIpc) is 1.43. The minimum absolute atomic E-state index is 0.910. The predicted octanol–water partition coefficient (Wildman–Crippen LogP) is 35.0. The molecule has 0 N–H and O–H groups in total. The first-order valence-corrected chi connectivity index (χ1v) is 51.2. The molecule has 29 aromatic rings. The molecule has 6 aromatic heterocycles. The fourth-order valence-electron chi connectivity index (χ4n) is 23.1. The van der Waals surface area contributed by atoms with E-state index in [1.165, 1.54) is 137 Å². The number of nitrogens with zero attached hydrogens (tertiary/aromatic N) is 12. The fourth-order valence-corrected chi connectivity index (χ4v) is 23.1. The van der Waals surface area contributed by atoms with Gasteiger partial charge in [-0.15, -0.1) is 0 Å². The minimum atomic E-state index is 0.910. The van der Waals surface area contributed by atoms with E-state index < -0.39 is 0 Å². The normalized spacial score (nSPS) is 11.7. The Morgan fingerprint density at radius 3 is 0.720 bits per heavy atom. The Hall–Kier alpha value is -19.6. The second kappa shape index (κ2) is 36.9. The quantitative estimate of drug-likeness (QED) is 0.100. The van der Waals surface area contributed by atoms with Crippen molar-refractivity contribution in [2.75, 3.05) is 0 Å². The van der Waals surface area contributed by atoms with Crippen LogP contribution in [0.1, 0.15) is 23.3 Å². The van der Waals surface area contributed by atoms with Gasteiger partial charge in [0.25, 0.3) is 0 Å². The monoisotopic (exact) mass is 1920 g/mol. The molecule has 0 atom stereocenters. The van der Waals surface area contributed by atoms with Crippen LogP contribution in [-0.4, -0.2) is 57.3 Å². The molecule has 0 saturated carbocycles. The van der Waals surface area contributed by atoms with Crippen LogP contribution in [0.25, 0.3) is 265 Å². The number of para-hydroxylation sites is 8. The molecule has 0 saturated heterocycles. The summed E-state index contributed by atoms with van der Waals surface area (Å²) in [6.07, 6.45) is 0. The second-order valence-electron chi connectivity index (χ2n) is 38.9. The van der Waals surface area contributed by atoms with Gasteiger partial charge in [-0.05, 0) is 293 Å². The number of aryl methyl sites for hydroxylation is 6. The van der Waals surface area contributed by atoms with Crippen LogP contribution < -0.4 is 0 Å². The van der Waals surface area contributed by atoms with Crippen LogP contribution in [0.3, 0.4) is 0 Å². The number of benzene rings is 23. The lowest BCUT2D eigenvalue weighted by atomic mass is 9.85. The Morgan fingerprint density at radius 2 is 0.387 bits per heavy atom. The van der Waals surface area contributed by atoms with Gasteiger partial charge < -0.3 is 9.13 Å². The first-order chi connectivity index (χ1) is 73.9. The van der Waals surface area contributed by atoms with Crippen LogP contribution in [0.15, 0.2) is 485 Å². The van der Waals surface area contributed by atoms with E-state index in [0.29, 0.717) is 0 Å². The molecule has 23 aromatic carbocycles. The third-order valence-corrected chi connectivity index (χ3v) is 30.2. The summed E-state index contributed by atoms with van der Waals surface area (Å²) in [6.45, 7) is 8.31. The number of hydrogen-bond donors (Lipinski definition) is 0. The molecule has 6 heterocycles. The van der Waals surface area contributed by atoms with Crippen molar-refractivity contribution in [2.24, 2.45) is 14.1 Å².